The number of halogens is 2. The maximum Gasteiger partial charge on any atom is 0.387 e. The predicted molar refractivity (Wildman–Crippen MR) is 76.1 cm³/mol. The number of aliphatic imine (C=N–C) groups is 1. The summed E-state index contributed by atoms with van der Waals surface area (Å²) in [6, 6.07) is 6.72. The Bertz CT molecular complexity index is 436. The molecule has 1 aromatic carbocycles. The Hall–Kier alpha value is -1.85. The second kappa shape index (κ2) is 8.35. The Morgan fingerprint density at radius 2 is 2.05 bits per heavy atom. The van der Waals surface area contributed by atoms with Crippen molar-refractivity contribution < 1.29 is 13.5 Å². The van der Waals surface area contributed by atoms with Gasteiger partial charge in [-0.1, -0.05) is 32.0 Å². The Morgan fingerprint density at radius 1 is 1.35 bits per heavy atom. The van der Waals surface area contributed by atoms with Crippen LogP contribution >= 0.6 is 0 Å². The maximum atomic E-state index is 12.2. The highest BCUT2D eigenvalue weighted by Crippen LogP contribution is 2.20. The van der Waals surface area contributed by atoms with Crippen LogP contribution in [-0.4, -0.2) is 25.7 Å². The molecule has 0 aromatic heterocycles. The number of alkyl halides is 2. The minimum absolute atomic E-state index is 0.196. The maximum absolute atomic E-state index is 12.2. The van der Waals surface area contributed by atoms with Crippen LogP contribution in [0, 0.1) is 5.92 Å². The first-order valence-electron chi connectivity index (χ1n) is 6.55. The van der Waals surface area contributed by atoms with Crippen LogP contribution in [0.15, 0.2) is 29.3 Å². The van der Waals surface area contributed by atoms with Crippen molar-refractivity contribution in [1.82, 2.24) is 5.32 Å². The summed E-state index contributed by atoms with van der Waals surface area (Å²) in [7, 11) is 0. The molecule has 4 nitrogen and oxygen atoms in total. The molecule has 0 saturated heterocycles. The molecule has 3 N–H and O–H groups in total. The lowest BCUT2D eigenvalue weighted by molar-refractivity contribution is -0.0504. The van der Waals surface area contributed by atoms with Crippen LogP contribution in [0.1, 0.15) is 19.4 Å². The van der Waals surface area contributed by atoms with Gasteiger partial charge in [-0.3, -0.25) is 4.99 Å². The third-order valence-corrected chi connectivity index (χ3v) is 2.52. The summed E-state index contributed by atoms with van der Waals surface area (Å²) in [6.07, 6.45) is 0.529. The predicted octanol–water partition coefficient (Wildman–Crippen LogP) is 2.39. The minimum atomic E-state index is -2.82. The van der Waals surface area contributed by atoms with Crippen molar-refractivity contribution in [2.24, 2.45) is 16.6 Å². The van der Waals surface area contributed by atoms with Gasteiger partial charge in [-0.15, -0.1) is 0 Å². The quantitative estimate of drug-likeness (QED) is 0.597. The first-order valence-corrected chi connectivity index (χ1v) is 6.55. The van der Waals surface area contributed by atoms with Gasteiger partial charge in [-0.25, -0.2) is 0 Å². The van der Waals surface area contributed by atoms with Gasteiger partial charge in [0.15, 0.2) is 5.96 Å². The molecule has 0 bridgehead atoms. The number of guanidine groups is 1. The molecule has 1 rings (SSSR count). The fraction of sp³-hybridized carbons (Fsp3) is 0.500. The van der Waals surface area contributed by atoms with E-state index in [4.69, 9.17) is 5.73 Å². The second-order valence-electron chi connectivity index (χ2n) is 4.78. The van der Waals surface area contributed by atoms with Crippen molar-refractivity contribution in [2.45, 2.75) is 26.9 Å². The molecule has 0 fully saturated rings. The molecule has 0 saturated carbocycles. The normalized spacial score (nSPS) is 12.0. The van der Waals surface area contributed by atoms with E-state index in [0.29, 0.717) is 37.0 Å². The summed E-state index contributed by atoms with van der Waals surface area (Å²) in [4.78, 5) is 4.16. The zero-order chi connectivity index (χ0) is 15.0. The monoisotopic (exact) mass is 285 g/mol. The number of rotatable bonds is 7. The molecule has 0 aliphatic carbocycles. The average molecular weight is 285 g/mol. The second-order valence-corrected chi connectivity index (χ2v) is 4.78. The highest BCUT2D eigenvalue weighted by Gasteiger charge is 2.08. The van der Waals surface area contributed by atoms with E-state index in [0.717, 1.165) is 0 Å². The molecule has 0 aliphatic heterocycles. The summed E-state index contributed by atoms with van der Waals surface area (Å²) in [6.45, 7) is 2.45. The topological polar surface area (TPSA) is 59.6 Å². The van der Waals surface area contributed by atoms with Gasteiger partial charge in [0, 0.05) is 13.1 Å². The molecule has 0 heterocycles. The smallest absolute Gasteiger partial charge is 0.387 e. The van der Waals surface area contributed by atoms with Crippen LogP contribution in [0.3, 0.4) is 0 Å². The summed E-state index contributed by atoms with van der Waals surface area (Å²) >= 11 is 0. The van der Waals surface area contributed by atoms with Gasteiger partial charge in [-0.05, 0) is 24.0 Å². The summed E-state index contributed by atoms with van der Waals surface area (Å²) in [5.74, 6) is 1.00. The fourth-order valence-electron chi connectivity index (χ4n) is 1.58. The molecular weight excluding hydrogens is 264 g/mol. The molecule has 1 aromatic rings. The Morgan fingerprint density at radius 3 is 2.70 bits per heavy atom. The SMILES string of the molecule is CC(C)CN=C(N)NCCc1ccccc1OC(F)F. The molecule has 0 atom stereocenters. The summed E-state index contributed by atoms with van der Waals surface area (Å²) < 4.78 is 29.0. The number of hydrogen-bond acceptors (Lipinski definition) is 2. The van der Waals surface area contributed by atoms with E-state index in [1.54, 1.807) is 18.2 Å². The number of ether oxygens (including phenoxy) is 1. The highest BCUT2D eigenvalue weighted by molar-refractivity contribution is 5.77. The van der Waals surface area contributed by atoms with E-state index in [9.17, 15) is 8.78 Å². The highest BCUT2D eigenvalue weighted by atomic mass is 19.3. The summed E-state index contributed by atoms with van der Waals surface area (Å²) in [5, 5.41) is 2.95. The first-order chi connectivity index (χ1) is 9.49. The van der Waals surface area contributed by atoms with Gasteiger partial charge < -0.3 is 15.8 Å². The largest absolute Gasteiger partial charge is 0.435 e. The lowest BCUT2D eigenvalue weighted by Crippen LogP contribution is -2.33. The van der Waals surface area contributed by atoms with E-state index < -0.39 is 6.61 Å². The van der Waals surface area contributed by atoms with Crippen LogP contribution in [0.2, 0.25) is 0 Å². The zero-order valence-electron chi connectivity index (χ0n) is 11.8. The molecule has 0 spiro atoms. The van der Waals surface area contributed by atoms with Gasteiger partial charge in [0.2, 0.25) is 0 Å². The number of nitrogens with one attached hydrogen (secondary N) is 1. The number of nitrogens with zero attached hydrogens (tertiary/aromatic N) is 1. The van der Waals surface area contributed by atoms with Crippen LogP contribution in [0.25, 0.3) is 0 Å². The molecule has 6 heteroatoms. The van der Waals surface area contributed by atoms with Crippen molar-refractivity contribution in [1.29, 1.82) is 0 Å². The van der Waals surface area contributed by atoms with Gasteiger partial charge in [0.25, 0.3) is 0 Å². The van der Waals surface area contributed by atoms with Crippen molar-refractivity contribution in [3.05, 3.63) is 29.8 Å². The molecule has 0 unspecified atom stereocenters. The van der Waals surface area contributed by atoms with E-state index in [-0.39, 0.29) is 5.75 Å². The van der Waals surface area contributed by atoms with Crippen molar-refractivity contribution >= 4 is 5.96 Å². The lowest BCUT2D eigenvalue weighted by atomic mass is 10.1. The fourth-order valence-corrected chi connectivity index (χ4v) is 1.58. The Balaban J connectivity index is 2.47. The van der Waals surface area contributed by atoms with E-state index in [2.05, 4.69) is 28.9 Å². The number of nitrogens with two attached hydrogens (primary N) is 1. The lowest BCUT2D eigenvalue weighted by Gasteiger charge is -2.11. The van der Waals surface area contributed by atoms with Gasteiger partial charge >= 0.3 is 6.61 Å². The third-order valence-electron chi connectivity index (χ3n) is 2.52. The molecule has 0 radical (unpaired) electrons. The molecule has 112 valence electrons. The molecule has 0 aliphatic rings. The van der Waals surface area contributed by atoms with E-state index in [1.165, 1.54) is 6.07 Å². The first kappa shape index (κ1) is 16.2. The van der Waals surface area contributed by atoms with E-state index >= 15 is 0 Å². The average Bonchev–Trinajstić information content (AvgIpc) is 2.38. The standard InChI is InChI=1S/C14H21F2N3O/c1-10(2)9-19-14(17)18-8-7-11-5-3-4-6-12(11)20-13(15)16/h3-6,10,13H,7-9H2,1-2H3,(H3,17,18,19). The number of para-hydroxylation sites is 1. The van der Waals surface area contributed by atoms with Crippen LogP contribution in [0.5, 0.6) is 5.75 Å². The van der Waals surface area contributed by atoms with Crippen molar-refractivity contribution in [2.75, 3.05) is 13.1 Å². The molecule has 20 heavy (non-hydrogen) atoms. The summed E-state index contributed by atoms with van der Waals surface area (Å²) in [5.41, 5.74) is 6.40. The third kappa shape index (κ3) is 6.36. The Kier molecular flexibility index (Phi) is 6.76. The van der Waals surface area contributed by atoms with Gasteiger partial charge in [0.1, 0.15) is 5.75 Å². The minimum Gasteiger partial charge on any atom is -0.435 e. The van der Waals surface area contributed by atoms with Crippen LogP contribution in [-0.2, 0) is 6.42 Å². The number of hydrogen-bond donors (Lipinski definition) is 2. The molecule has 0 amide bonds. The number of benzene rings is 1. The van der Waals surface area contributed by atoms with Gasteiger partial charge in [-0.2, -0.15) is 8.78 Å². The Labute approximate surface area is 118 Å². The van der Waals surface area contributed by atoms with E-state index in [1.807, 2.05) is 0 Å². The van der Waals surface area contributed by atoms with Crippen molar-refractivity contribution in [3.8, 4) is 5.75 Å². The zero-order valence-corrected chi connectivity index (χ0v) is 11.8. The van der Waals surface area contributed by atoms with Crippen LogP contribution in [0.4, 0.5) is 8.78 Å². The van der Waals surface area contributed by atoms with Crippen molar-refractivity contribution in [3.63, 3.8) is 0 Å². The van der Waals surface area contributed by atoms with Gasteiger partial charge in [0.05, 0.1) is 0 Å². The molecular formula is C14H21F2N3O. The van der Waals surface area contributed by atoms with Crippen LogP contribution < -0.4 is 15.8 Å².